The first-order chi connectivity index (χ1) is 5.79. The van der Waals surface area contributed by atoms with Crippen molar-refractivity contribution in [1.29, 1.82) is 0 Å². The molecule has 0 rings (SSSR count). The molecule has 0 N–H and O–H groups in total. The largest absolute Gasteiger partial charge is 0.496 e. The third-order valence-corrected chi connectivity index (χ3v) is 1.42. The predicted molar refractivity (Wildman–Crippen MR) is 49.6 cm³/mol. The monoisotopic (exact) mass is 170 g/mol. The Hall–Kier alpha value is -1.05. The second kappa shape index (κ2) is 6.65. The third-order valence-electron chi connectivity index (χ3n) is 1.42. The Bertz CT molecular complexity index is 192. The number of hydrogen-bond acceptors (Lipinski definition) is 1. The lowest BCUT2D eigenvalue weighted by Crippen LogP contribution is -1.91. The molecule has 0 radical (unpaired) electrons. The number of rotatable bonds is 5. The van der Waals surface area contributed by atoms with E-state index in [1.54, 1.807) is 6.08 Å². The van der Waals surface area contributed by atoms with Gasteiger partial charge in [-0.1, -0.05) is 25.7 Å². The minimum absolute atomic E-state index is 0.502. The number of methoxy groups -OCH3 is 1. The van der Waals surface area contributed by atoms with Gasteiger partial charge in [0.15, 0.2) is 0 Å². The van der Waals surface area contributed by atoms with Crippen LogP contribution in [0.5, 0.6) is 0 Å². The Balaban J connectivity index is 4.57. The van der Waals surface area contributed by atoms with Crippen LogP contribution in [-0.4, -0.2) is 13.8 Å². The fourth-order valence-corrected chi connectivity index (χ4v) is 0.798. The highest BCUT2D eigenvalue weighted by Crippen LogP contribution is 2.09. The van der Waals surface area contributed by atoms with Crippen LogP contribution in [0.2, 0.25) is 0 Å². The van der Waals surface area contributed by atoms with E-state index in [1.807, 2.05) is 13.0 Å². The Morgan fingerprint density at radius 3 is 2.58 bits per heavy atom. The van der Waals surface area contributed by atoms with Crippen LogP contribution in [0.25, 0.3) is 0 Å². The molecule has 0 aliphatic rings. The smallest absolute Gasteiger partial charge is 0.124 e. The van der Waals surface area contributed by atoms with E-state index >= 15 is 0 Å². The SMILES string of the molecule is C=C/C(OC)=C(\C=C/CC)CF. The van der Waals surface area contributed by atoms with Gasteiger partial charge in [-0.05, 0) is 12.5 Å². The number of ether oxygens (including phenoxy) is 1. The van der Waals surface area contributed by atoms with E-state index in [0.717, 1.165) is 6.42 Å². The molecule has 2 heteroatoms. The van der Waals surface area contributed by atoms with Crippen molar-refractivity contribution < 1.29 is 9.13 Å². The van der Waals surface area contributed by atoms with Gasteiger partial charge in [0.2, 0.25) is 0 Å². The predicted octanol–water partition coefficient (Wildman–Crippen LogP) is 3.01. The van der Waals surface area contributed by atoms with Crippen molar-refractivity contribution in [3.05, 3.63) is 36.1 Å². The Kier molecular flexibility index (Phi) is 6.07. The van der Waals surface area contributed by atoms with Gasteiger partial charge in [0, 0.05) is 5.57 Å². The molecule has 68 valence electrons. The minimum atomic E-state index is -0.522. The Morgan fingerprint density at radius 2 is 2.25 bits per heavy atom. The second-order valence-corrected chi connectivity index (χ2v) is 2.24. The van der Waals surface area contributed by atoms with Gasteiger partial charge in [0.1, 0.15) is 12.4 Å². The highest BCUT2D eigenvalue weighted by atomic mass is 19.1. The zero-order chi connectivity index (χ0) is 9.40. The van der Waals surface area contributed by atoms with Gasteiger partial charge in [-0.15, -0.1) is 0 Å². The minimum Gasteiger partial charge on any atom is -0.496 e. The fraction of sp³-hybridized carbons (Fsp3) is 0.400. The quantitative estimate of drug-likeness (QED) is 0.455. The van der Waals surface area contributed by atoms with Crippen molar-refractivity contribution in [3.63, 3.8) is 0 Å². The van der Waals surface area contributed by atoms with Crippen molar-refractivity contribution in [1.82, 2.24) is 0 Å². The molecule has 0 atom stereocenters. The molecule has 12 heavy (non-hydrogen) atoms. The number of hydrogen-bond donors (Lipinski definition) is 0. The van der Waals surface area contributed by atoms with Gasteiger partial charge in [-0.2, -0.15) is 0 Å². The molecule has 0 aliphatic heterocycles. The van der Waals surface area contributed by atoms with Crippen LogP contribution in [0.1, 0.15) is 13.3 Å². The summed E-state index contributed by atoms with van der Waals surface area (Å²) in [6.45, 7) is 5.00. The second-order valence-electron chi connectivity index (χ2n) is 2.24. The van der Waals surface area contributed by atoms with Crippen LogP contribution >= 0.6 is 0 Å². The number of allylic oxidation sites excluding steroid dienone is 4. The van der Waals surface area contributed by atoms with E-state index in [1.165, 1.54) is 13.2 Å². The summed E-state index contributed by atoms with van der Waals surface area (Å²) in [5.41, 5.74) is 0.536. The van der Waals surface area contributed by atoms with Crippen LogP contribution in [0, 0.1) is 0 Å². The molecule has 0 spiro atoms. The van der Waals surface area contributed by atoms with E-state index in [-0.39, 0.29) is 0 Å². The maximum Gasteiger partial charge on any atom is 0.124 e. The molecule has 0 saturated carbocycles. The van der Waals surface area contributed by atoms with Gasteiger partial charge in [0.25, 0.3) is 0 Å². The van der Waals surface area contributed by atoms with Crippen LogP contribution in [0.4, 0.5) is 4.39 Å². The molecule has 0 aliphatic carbocycles. The van der Waals surface area contributed by atoms with Gasteiger partial charge in [-0.25, -0.2) is 4.39 Å². The zero-order valence-corrected chi connectivity index (χ0v) is 7.64. The molecule has 0 aromatic rings. The molecular weight excluding hydrogens is 155 g/mol. The highest BCUT2D eigenvalue weighted by molar-refractivity contribution is 5.28. The van der Waals surface area contributed by atoms with Gasteiger partial charge in [0.05, 0.1) is 7.11 Å². The van der Waals surface area contributed by atoms with E-state index in [2.05, 4.69) is 6.58 Å². The molecule has 0 aromatic heterocycles. The van der Waals surface area contributed by atoms with Crippen LogP contribution in [0.3, 0.4) is 0 Å². The summed E-state index contributed by atoms with van der Waals surface area (Å²) >= 11 is 0. The summed E-state index contributed by atoms with van der Waals surface area (Å²) in [6, 6.07) is 0. The molecule has 0 heterocycles. The third kappa shape index (κ3) is 3.37. The van der Waals surface area contributed by atoms with Crippen LogP contribution in [-0.2, 0) is 4.74 Å². The van der Waals surface area contributed by atoms with Crippen molar-refractivity contribution >= 4 is 0 Å². The molecular formula is C10H15FO. The highest BCUT2D eigenvalue weighted by Gasteiger charge is 1.98. The van der Waals surface area contributed by atoms with E-state index in [9.17, 15) is 4.39 Å². The van der Waals surface area contributed by atoms with Crippen molar-refractivity contribution in [2.75, 3.05) is 13.8 Å². The van der Waals surface area contributed by atoms with Gasteiger partial charge >= 0.3 is 0 Å². The topological polar surface area (TPSA) is 9.23 Å². The summed E-state index contributed by atoms with van der Waals surface area (Å²) in [6.07, 6.45) is 6.00. The lowest BCUT2D eigenvalue weighted by atomic mass is 10.2. The summed E-state index contributed by atoms with van der Waals surface area (Å²) in [7, 11) is 1.51. The average Bonchev–Trinajstić information content (AvgIpc) is 2.12. The first-order valence-electron chi connectivity index (χ1n) is 3.92. The molecule has 0 bridgehead atoms. The van der Waals surface area contributed by atoms with E-state index in [4.69, 9.17) is 4.74 Å². The normalized spacial score (nSPS) is 12.9. The molecule has 0 saturated heterocycles. The lowest BCUT2D eigenvalue weighted by molar-refractivity contribution is 0.300. The van der Waals surface area contributed by atoms with Crippen molar-refractivity contribution in [3.8, 4) is 0 Å². The summed E-state index contributed by atoms with van der Waals surface area (Å²) in [4.78, 5) is 0. The molecule has 0 aromatic carbocycles. The molecule has 0 amide bonds. The van der Waals surface area contributed by atoms with Crippen molar-refractivity contribution in [2.24, 2.45) is 0 Å². The van der Waals surface area contributed by atoms with Crippen LogP contribution in [0.15, 0.2) is 36.1 Å². The van der Waals surface area contributed by atoms with Gasteiger partial charge in [-0.3, -0.25) is 0 Å². The van der Waals surface area contributed by atoms with Crippen molar-refractivity contribution in [2.45, 2.75) is 13.3 Å². The standard InChI is InChI=1S/C10H15FO/c1-4-6-7-9(8-11)10(5-2)12-3/h5-7H,2,4,8H2,1,3H3/b7-6-,10-9-. The summed E-state index contributed by atoms with van der Waals surface area (Å²) in [5, 5.41) is 0. The Morgan fingerprint density at radius 1 is 1.58 bits per heavy atom. The number of halogens is 1. The maximum atomic E-state index is 12.4. The number of alkyl halides is 1. The first kappa shape index (κ1) is 11.0. The molecule has 1 nitrogen and oxygen atoms in total. The van der Waals surface area contributed by atoms with E-state index in [0.29, 0.717) is 11.3 Å². The van der Waals surface area contributed by atoms with E-state index < -0.39 is 6.67 Å². The molecule has 0 unspecified atom stereocenters. The first-order valence-corrected chi connectivity index (χ1v) is 3.92. The zero-order valence-electron chi connectivity index (χ0n) is 7.64. The maximum absolute atomic E-state index is 12.4. The Labute approximate surface area is 73.2 Å². The summed E-state index contributed by atoms with van der Waals surface area (Å²) in [5.74, 6) is 0.502. The lowest BCUT2D eigenvalue weighted by Gasteiger charge is -2.03. The molecule has 0 fully saturated rings. The van der Waals surface area contributed by atoms with Crippen LogP contribution < -0.4 is 0 Å². The summed E-state index contributed by atoms with van der Waals surface area (Å²) < 4.78 is 17.3. The van der Waals surface area contributed by atoms with Gasteiger partial charge < -0.3 is 4.74 Å². The average molecular weight is 170 g/mol. The fourth-order valence-electron chi connectivity index (χ4n) is 0.798.